The number of rotatable bonds is 4. The summed E-state index contributed by atoms with van der Waals surface area (Å²) in [6, 6.07) is 11.5. The van der Waals surface area contributed by atoms with E-state index in [9.17, 15) is 0 Å². The van der Waals surface area contributed by atoms with Crippen LogP contribution >= 0.6 is 0 Å². The van der Waals surface area contributed by atoms with Gasteiger partial charge in [-0.25, -0.2) is 0 Å². The van der Waals surface area contributed by atoms with E-state index in [1.165, 1.54) is 57.4 Å². The summed E-state index contributed by atoms with van der Waals surface area (Å²) >= 11 is 0. The molecule has 0 atom stereocenters. The standard InChI is InChI=1S/C20H30N2/c1-18-9-11-20(12-10-18)22-16-14-21(15-17-22)13-5-8-19-6-3-2-4-7-19/h2-8,18,20H,9-17H2,1H3. The van der Waals surface area contributed by atoms with Gasteiger partial charge in [0.1, 0.15) is 0 Å². The van der Waals surface area contributed by atoms with Gasteiger partial charge in [0.15, 0.2) is 0 Å². The van der Waals surface area contributed by atoms with Gasteiger partial charge in [0.05, 0.1) is 0 Å². The molecular weight excluding hydrogens is 268 g/mol. The Morgan fingerprint density at radius 1 is 0.955 bits per heavy atom. The second-order valence-corrected chi connectivity index (χ2v) is 7.06. The minimum Gasteiger partial charge on any atom is -0.298 e. The van der Waals surface area contributed by atoms with E-state index in [0.717, 1.165) is 18.5 Å². The van der Waals surface area contributed by atoms with E-state index in [-0.39, 0.29) is 0 Å². The fraction of sp³-hybridized carbons (Fsp3) is 0.600. The Labute approximate surface area is 135 Å². The predicted molar refractivity (Wildman–Crippen MR) is 94.9 cm³/mol. The first-order chi connectivity index (χ1) is 10.8. The molecule has 1 aromatic carbocycles. The highest BCUT2D eigenvalue weighted by Crippen LogP contribution is 2.27. The molecule has 0 unspecified atom stereocenters. The third-order valence-corrected chi connectivity index (χ3v) is 5.38. The molecule has 1 saturated carbocycles. The normalized spacial score (nSPS) is 28.2. The highest BCUT2D eigenvalue weighted by Gasteiger charge is 2.26. The van der Waals surface area contributed by atoms with Crippen LogP contribution in [0, 0.1) is 5.92 Å². The highest BCUT2D eigenvalue weighted by molar-refractivity contribution is 5.48. The number of hydrogen-bond donors (Lipinski definition) is 0. The Balaban J connectivity index is 1.39. The number of hydrogen-bond acceptors (Lipinski definition) is 2. The van der Waals surface area contributed by atoms with E-state index >= 15 is 0 Å². The van der Waals surface area contributed by atoms with Crippen molar-refractivity contribution < 1.29 is 0 Å². The first-order valence-corrected chi connectivity index (χ1v) is 8.99. The first kappa shape index (κ1) is 15.8. The molecule has 0 spiro atoms. The fourth-order valence-electron chi connectivity index (χ4n) is 3.82. The molecule has 0 N–H and O–H groups in total. The molecule has 2 fully saturated rings. The van der Waals surface area contributed by atoms with Gasteiger partial charge in [-0.05, 0) is 37.2 Å². The van der Waals surface area contributed by atoms with Gasteiger partial charge in [-0.3, -0.25) is 9.80 Å². The zero-order chi connectivity index (χ0) is 15.2. The molecule has 0 bridgehead atoms. The summed E-state index contributed by atoms with van der Waals surface area (Å²) in [6.07, 6.45) is 10.3. The van der Waals surface area contributed by atoms with Crippen molar-refractivity contribution in [2.24, 2.45) is 5.92 Å². The number of piperazine rings is 1. The van der Waals surface area contributed by atoms with Gasteiger partial charge in [-0.1, -0.05) is 49.4 Å². The highest BCUT2D eigenvalue weighted by atomic mass is 15.3. The van der Waals surface area contributed by atoms with E-state index in [2.05, 4.69) is 59.2 Å². The molecule has 0 amide bonds. The van der Waals surface area contributed by atoms with Crippen LogP contribution in [0.1, 0.15) is 38.2 Å². The summed E-state index contributed by atoms with van der Waals surface area (Å²) in [7, 11) is 0. The molecule has 1 saturated heterocycles. The topological polar surface area (TPSA) is 6.48 Å². The van der Waals surface area contributed by atoms with Crippen LogP contribution in [0.5, 0.6) is 0 Å². The maximum Gasteiger partial charge on any atom is 0.0167 e. The van der Waals surface area contributed by atoms with Crippen molar-refractivity contribution in [2.45, 2.75) is 38.6 Å². The first-order valence-electron chi connectivity index (χ1n) is 8.99. The van der Waals surface area contributed by atoms with Crippen LogP contribution < -0.4 is 0 Å². The zero-order valence-corrected chi connectivity index (χ0v) is 14.0. The van der Waals surface area contributed by atoms with Crippen LogP contribution in [0.25, 0.3) is 6.08 Å². The predicted octanol–water partition coefficient (Wildman–Crippen LogP) is 3.90. The van der Waals surface area contributed by atoms with Gasteiger partial charge in [-0.15, -0.1) is 0 Å². The Hall–Kier alpha value is -1.12. The van der Waals surface area contributed by atoms with Crippen molar-refractivity contribution in [1.82, 2.24) is 9.80 Å². The molecule has 2 aliphatic rings. The van der Waals surface area contributed by atoms with Gasteiger partial charge in [-0.2, -0.15) is 0 Å². The lowest BCUT2D eigenvalue weighted by Gasteiger charge is -2.41. The van der Waals surface area contributed by atoms with Gasteiger partial charge < -0.3 is 0 Å². The van der Waals surface area contributed by atoms with Crippen LogP contribution in [0.15, 0.2) is 36.4 Å². The maximum atomic E-state index is 2.75. The molecule has 1 aromatic rings. The second kappa shape index (κ2) is 7.94. The summed E-state index contributed by atoms with van der Waals surface area (Å²) in [5.74, 6) is 0.959. The molecule has 0 radical (unpaired) electrons. The molecule has 3 rings (SSSR count). The van der Waals surface area contributed by atoms with Crippen molar-refractivity contribution in [3.8, 4) is 0 Å². The summed E-state index contributed by atoms with van der Waals surface area (Å²) in [5, 5.41) is 0. The monoisotopic (exact) mass is 298 g/mol. The lowest BCUT2D eigenvalue weighted by molar-refractivity contribution is 0.0773. The van der Waals surface area contributed by atoms with Gasteiger partial charge in [0, 0.05) is 38.8 Å². The third-order valence-electron chi connectivity index (χ3n) is 5.38. The minimum atomic E-state index is 0.873. The second-order valence-electron chi connectivity index (χ2n) is 7.06. The zero-order valence-electron chi connectivity index (χ0n) is 14.0. The molecule has 22 heavy (non-hydrogen) atoms. The SMILES string of the molecule is CC1CCC(N2CCN(CC=Cc3ccccc3)CC2)CC1. The van der Waals surface area contributed by atoms with Gasteiger partial charge in [0.25, 0.3) is 0 Å². The lowest BCUT2D eigenvalue weighted by atomic mass is 9.86. The Morgan fingerprint density at radius 2 is 1.64 bits per heavy atom. The Morgan fingerprint density at radius 3 is 2.32 bits per heavy atom. The molecule has 2 heteroatoms. The van der Waals surface area contributed by atoms with E-state index in [0.29, 0.717) is 0 Å². The molecule has 1 aliphatic carbocycles. The average molecular weight is 298 g/mol. The molecule has 0 aromatic heterocycles. The Kier molecular flexibility index (Phi) is 5.69. The average Bonchev–Trinajstić information content (AvgIpc) is 2.57. The van der Waals surface area contributed by atoms with Crippen LogP contribution in [0.3, 0.4) is 0 Å². The van der Waals surface area contributed by atoms with Crippen LogP contribution in [-0.4, -0.2) is 48.6 Å². The van der Waals surface area contributed by atoms with Gasteiger partial charge >= 0.3 is 0 Å². The van der Waals surface area contributed by atoms with Crippen molar-refractivity contribution in [3.63, 3.8) is 0 Å². The van der Waals surface area contributed by atoms with E-state index in [4.69, 9.17) is 0 Å². The number of benzene rings is 1. The van der Waals surface area contributed by atoms with Crippen LogP contribution in [0.2, 0.25) is 0 Å². The fourth-order valence-corrected chi connectivity index (χ4v) is 3.82. The largest absolute Gasteiger partial charge is 0.298 e. The molecule has 120 valence electrons. The summed E-state index contributed by atoms with van der Waals surface area (Å²) in [4.78, 5) is 5.34. The van der Waals surface area contributed by atoms with E-state index in [1.54, 1.807) is 0 Å². The smallest absolute Gasteiger partial charge is 0.0167 e. The van der Waals surface area contributed by atoms with Crippen LogP contribution in [0.4, 0.5) is 0 Å². The molecule has 2 nitrogen and oxygen atoms in total. The van der Waals surface area contributed by atoms with Crippen molar-refractivity contribution in [2.75, 3.05) is 32.7 Å². The molecule has 1 aliphatic heterocycles. The molecule has 1 heterocycles. The third kappa shape index (κ3) is 4.44. The van der Waals surface area contributed by atoms with Crippen molar-refractivity contribution in [1.29, 1.82) is 0 Å². The maximum absolute atomic E-state index is 2.75. The summed E-state index contributed by atoms with van der Waals surface area (Å²) in [6.45, 7) is 8.48. The van der Waals surface area contributed by atoms with Crippen molar-refractivity contribution in [3.05, 3.63) is 42.0 Å². The molecular formula is C20H30N2. The van der Waals surface area contributed by atoms with Gasteiger partial charge in [0.2, 0.25) is 0 Å². The minimum absolute atomic E-state index is 0.873. The lowest BCUT2D eigenvalue weighted by Crippen LogP contribution is -2.50. The Bertz CT molecular complexity index is 452. The summed E-state index contributed by atoms with van der Waals surface area (Å²) in [5.41, 5.74) is 1.30. The van der Waals surface area contributed by atoms with E-state index < -0.39 is 0 Å². The van der Waals surface area contributed by atoms with Crippen LogP contribution in [-0.2, 0) is 0 Å². The summed E-state index contributed by atoms with van der Waals surface area (Å²) < 4.78 is 0. The quantitative estimate of drug-likeness (QED) is 0.832. The van der Waals surface area contributed by atoms with Crippen molar-refractivity contribution >= 4 is 6.08 Å². The van der Waals surface area contributed by atoms with E-state index in [1.807, 2.05) is 0 Å². The number of nitrogens with zero attached hydrogens (tertiary/aromatic N) is 2.